The molecule has 0 atom stereocenters. The smallest absolute Gasteiger partial charge is 0.335 e. The third-order valence-corrected chi connectivity index (χ3v) is 4.34. The molecule has 3 rings (SSSR count). The summed E-state index contributed by atoms with van der Waals surface area (Å²) in [7, 11) is 0. The van der Waals surface area contributed by atoms with Crippen LogP contribution in [-0.2, 0) is 17.8 Å². The van der Waals surface area contributed by atoms with Crippen molar-refractivity contribution in [2.24, 2.45) is 0 Å². The summed E-state index contributed by atoms with van der Waals surface area (Å²) in [6.45, 7) is 0.332. The van der Waals surface area contributed by atoms with Crippen LogP contribution < -0.4 is 0 Å². The molecule has 1 aliphatic rings. The maximum Gasteiger partial charge on any atom is 0.335 e. The third-order valence-electron chi connectivity index (χ3n) is 4.34. The number of nitro groups is 1. The fourth-order valence-electron chi connectivity index (χ4n) is 2.81. The average molecular weight is 354 g/mol. The second kappa shape index (κ2) is 7.35. The molecule has 0 bridgehead atoms. The van der Waals surface area contributed by atoms with Gasteiger partial charge < -0.3 is 10.0 Å². The topological polar surface area (TPSA) is 101 Å². The first-order valence-electron chi connectivity index (χ1n) is 8.29. The molecule has 0 unspecified atom stereocenters. The minimum atomic E-state index is -1.01. The van der Waals surface area contributed by atoms with Crippen molar-refractivity contribution in [1.82, 2.24) is 4.90 Å². The highest BCUT2D eigenvalue weighted by Crippen LogP contribution is 2.29. The zero-order valence-electron chi connectivity index (χ0n) is 14.0. The third kappa shape index (κ3) is 4.24. The van der Waals surface area contributed by atoms with Crippen molar-refractivity contribution in [3.63, 3.8) is 0 Å². The molecule has 134 valence electrons. The van der Waals surface area contributed by atoms with Crippen molar-refractivity contribution in [2.75, 3.05) is 0 Å². The normalized spacial score (nSPS) is 13.2. The van der Waals surface area contributed by atoms with Crippen molar-refractivity contribution < 1.29 is 19.6 Å². The van der Waals surface area contributed by atoms with Gasteiger partial charge in [-0.05, 0) is 36.1 Å². The number of carboxylic acid groups (broad SMARTS) is 1. The molecule has 0 aromatic heterocycles. The molecule has 0 aliphatic heterocycles. The highest BCUT2D eigenvalue weighted by atomic mass is 16.6. The first-order chi connectivity index (χ1) is 12.4. The summed E-state index contributed by atoms with van der Waals surface area (Å²) in [4.78, 5) is 35.8. The number of nitro benzene ring substituents is 1. The van der Waals surface area contributed by atoms with E-state index in [0.717, 1.165) is 24.0 Å². The van der Waals surface area contributed by atoms with Crippen molar-refractivity contribution >= 4 is 17.6 Å². The van der Waals surface area contributed by atoms with E-state index in [2.05, 4.69) is 0 Å². The molecule has 2 aromatic rings. The number of nitrogens with zero attached hydrogens (tertiary/aromatic N) is 2. The van der Waals surface area contributed by atoms with E-state index in [1.165, 1.54) is 24.3 Å². The number of hydrogen-bond donors (Lipinski definition) is 1. The average Bonchev–Trinajstić information content (AvgIpc) is 3.45. The summed E-state index contributed by atoms with van der Waals surface area (Å²) in [6, 6.07) is 12.7. The van der Waals surface area contributed by atoms with E-state index >= 15 is 0 Å². The molecule has 1 fully saturated rings. The predicted molar refractivity (Wildman–Crippen MR) is 93.8 cm³/mol. The molecule has 0 saturated heterocycles. The lowest BCUT2D eigenvalue weighted by Crippen LogP contribution is -2.33. The van der Waals surface area contributed by atoms with Gasteiger partial charge >= 0.3 is 5.97 Å². The molecule has 0 radical (unpaired) electrons. The Hall–Kier alpha value is -3.22. The van der Waals surface area contributed by atoms with Gasteiger partial charge in [-0.1, -0.05) is 24.3 Å². The van der Waals surface area contributed by atoms with Gasteiger partial charge in [0, 0.05) is 24.7 Å². The zero-order valence-corrected chi connectivity index (χ0v) is 14.0. The summed E-state index contributed by atoms with van der Waals surface area (Å²) < 4.78 is 0. The summed E-state index contributed by atoms with van der Waals surface area (Å²) in [5.74, 6) is -1.07. The lowest BCUT2D eigenvalue weighted by atomic mass is 10.1. The molecule has 1 saturated carbocycles. The molecular weight excluding hydrogens is 336 g/mol. The number of aromatic carboxylic acids is 1. The Balaban J connectivity index is 1.71. The minimum Gasteiger partial charge on any atom is -0.478 e. The minimum absolute atomic E-state index is 0.00922. The Labute approximate surface area is 150 Å². The van der Waals surface area contributed by atoms with Gasteiger partial charge in [0.2, 0.25) is 5.91 Å². The Kier molecular flexibility index (Phi) is 4.97. The molecule has 7 nitrogen and oxygen atoms in total. The van der Waals surface area contributed by atoms with E-state index in [9.17, 15) is 19.7 Å². The van der Waals surface area contributed by atoms with Crippen LogP contribution in [0, 0.1) is 10.1 Å². The van der Waals surface area contributed by atoms with Crippen LogP contribution in [0.3, 0.4) is 0 Å². The molecule has 1 aliphatic carbocycles. The molecule has 26 heavy (non-hydrogen) atoms. The number of amides is 1. The van der Waals surface area contributed by atoms with Crippen LogP contribution in [0.5, 0.6) is 0 Å². The van der Waals surface area contributed by atoms with Gasteiger partial charge in [-0.15, -0.1) is 0 Å². The van der Waals surface area contributed by atoms with Crippen LogP contribution in [0.2, 0.25) is 0 Å². The lowest BCUT2D eigenvalue weighted by Gasteiger charge is -2.22. The number of rotatable bonds is 7. The molecule has 1 N–H and O–H groups in total. The molecule has 7 heteroatoms. The van der Waals surface area contributed by atoms with Gasteiger partial charge in [0.05, 0.1) is 16.9 Å². The van der Waals surface area contributed by atoms with Gasteiger partial charge in [0.15, 0.2) is 0 Å². The van der Waals surface area contributed by atoms with Gasteiger partial charge in [-0.25, -0.2) is 4.79 Å². The molecule has 2 aromatic carbocycles. The Morgan fingerprint density at radius 1 is 1.12 bits per heavy atom. The van der Waals surface area contributed by atoms with Crippen molar-refractivity contribution in [3.05, 3.63) is 75.3 Å². The maximum atomic E-state index is 12.7. The SMILES string of the molecule is O=C(O)c1ccc(CC(=O)N(Cc2cccc([N+](=O)[O-])c2)C2CC2)cc1. The molecule has 0 spiro atoms. The standard InChI is InChI=1S/C19H18N2O5/c22-18(11-13-4-6-15(7-5-13)19(23)24)20(16-8-9-16)12-14-2-1-3-17(10-14)21(25)26/h1-7,10,16H,8-9,11-12H2,(H,23,24). The lowest BCUT2D eigenvalue weighted by molar-refractivity contribution is -0.384. The van der Waals surface area contributed by atoms with Crippen LogP contribution in [0.4, 0.5) is 5.69 Å². The summed E-state index contributed by atoms with van der Waals surface area (Å²) in [6.07, 6.45) is 2.03. The molecule has 1 amide bonds. The van der Waals surface area contributed by atoms with Crippen LogP contribution in [-0.4, -0.2) is 32.8 Å². The fraction of sp³-hybridized carbons (Fsp3) is 0.263. The zero-order chi connectivity index (χ0) is 18.7. The summed E-state index contributed by atoms with van der Waals surface area (Å²) >= 11 is 0. The van der Waals surface area contributed by atoms with E-state index in [1.807, 2.05) is 0 Å². The van der Waals surface area contributed by atoms with Crippen LogP contribution in [0.1, 0.15) is 34.3 Å². The number of carboxylic acids is 1. The number of carbonyl (C=O) groups excluding carboxylic acids is 1. The second-order valence-electron chi connectivity index (χ2n) is 6.36. The number of non-ortho nitro benzene ring substituents is 1. The first kappa shape index (κ1) is 17.6. The maximum absolute atomic E-state index is 12.7. The Bertz CT molecular complexity index is 843. The van der Waals surface area contributed by atoms with Gasteiger partial charge in [0.25, 0.3) is 5.69 Å². The molecular formula is C19H18N2O5. The highest BCUT2D eigenvalue weighted by Gasteiger charge is 2.32. The van der Waals surface area contributed by atoms with Crippen molar-refractivity contribution in [2.45, 2.75) is 31.8 Å². The Morgan fingerprint density at radius 2 is 1.81 bits per heavy atom. The van der Waals surface area contributed by atoms with Crippen molar-refractivity contribution in [1.29, 1.82) is 0 Å². The monoisotopic (exact) mass is 354 g/mol. The van der Waals surface area contributed by atoms with Gasteiger partial charge in [0.1, 0.15) is 0 Å². The van der Waals surface area contributed by atoms with Crippen LogP contribution in [0.25, 0.3) is 0 Å². The van der Waals surface area contributed by atoms with E-state index < -0.39 is 10.9 Å². The van der Waals surface area contributed by atoms with E-state index in [1.54, 1.807) is 29.2 Å². The van der Waals surface area contributed by atoms with E-state index in [0.29, 0.717) is 6.54 Å². The van der Waals surface area contributed by atoms with E-state index in [4.69, 9.17) is 5.11 Å². The quantitative estimate of drug-likeness (QED) is 0.608. The van der Waals surface area contributed by atoms with E-state index in [-0.39, 0.29) is 29.6 Å². The first-order valence-corrected chi connectivity index (χ1v) is 8.29. The Morgan fingerprint density at radius 3 is 2.38 bits per heavy atom. The highest BCUT2D eigenvalue weighted by molar-refractivity contribution is 5.87. The second-order valence-corrected chi connectivity index (χ2v) is 6.36. The number of hydrogen-bond acceptors (Lipinski definition) is 4. The van der Waals surface area contributed by atoms with Crippen molar-refractivity contribution in [3.8, 4) is 0 Å². The van der Waals surface area contributed by atoms with Crippen LogP contribution >= 0.6 is 0 Å². The number of carbonyl (C=O) groups is 2. The predicted octanol–water partition coefficient (Wildman–Crippen LogP) is 3.03. The summed E-state index contributed by atoms with van der Waals surface area (Å²) in [5, 5.41) is 19.8. The fourth-order valence-corrected chi connectivity index (χ4v) is 2.81. The van der Waals surface area contributed by atoms with Crippen LogP contribution in [0.15, 0.2) is 48.5 Å². The largest absolute Gasteiger partial charge is 0.478 e. The summed E-state index contributed by atoms with van der Waals surface area (Å²) in [5.41, 5.74) is 1.65. The van der Waals surface area contributed by atoms with Gasteiger partial charge in [-0.2, -0.15) is 0 Å². The van der Waals surface area contributed by atoms with Gasteiger partial charge in [-0.3, -0.25) is 14.9 Å². The number of benzene rings is 2. The molecule has 0 heterocycles.